The molecule has 1 saturated heterocycles. The Morgan fingerprint density at radius 3 is 2.53 bits per heavy atom. The SMILES string of the molecule is COc1cc(NS(=O)(=O)c2sc3ccc(Cl)cc3c2C)ccc1N1CCN(C)CC1. The van der Waals surface area contributed by atoms with E-state index < -0.39 is 10.0 Å². The van der Waals surface area contributed by atoms with Crippen molar-refractivity contribution in [2.45, 2.75) is 11.1 Å². The molecule has 0 atom stereocenters. The van der Waals surface area contributed by atoms with Crippen molar-refractivity contribution in [2.75, 3.05) is 50.0 Å². The average Bonchev–Trinajstić information content (AvgIpc) is 3.05. The van der Waals surface area contributed by atoms with Gasteiger partial charge in [-0.3, -0.25) is 4.72 Å². The van der Waals surface area contributed by atoms with Crippen LogP contribution in [-0.4, -0.2) is 53.7 Å². The van der Waals surface area contributed by atoms with Crippen LogP contribution in [0, 0.1) is 6.92 Å². The van der Waals surface area contributed by atoms with E-state index in [1.54, 1.807) is 38.3 Å². The molecule has 0 spiro atoms. The topological polar surface area (TPSA) is 61.9 Å². The highest BCUT2D eigenvalue weighted by Crippen LogP contribution is 2.37. The summed E-state index contributed by atoms with van der Waals surface area (Å²) in [6.07, 6.45) is 0. The van der Waals surface area contributed by atoms with E-state index in [1.807, 2.05) is 12.1 Å². The van der Waals surface area contributed by atoms with Crippen LogP contribution in [0.4, 0.5) is 11.4 Å². The summed E-state index contributed by atoms with van der Waals surface area (Å²) in [5.74, 6) is 0.652. The molecule has 160 valence electrons. The average molecular weight is 466 g/mol. The zero-order valence-corrected chi connectivity index (χ0v) is 19.5. The van der Waals surface area contributed by atoms with Crippen molar-refractivity contribution in [1.82, 2.24) is 4.90 Å². The lowest BCUT2D eigenvalue weighted by molar-refractivity contribution is 0.311. The summed E-state index contributed by atoms with van der Waals surface area (Å²) in [5.41, 5.74) is 2.15. The van der Waals surface area contributed by atoms with Crippen molar-refractivity contribution in [3.8, 4) is 5.75 Å². The fourth-order valence-electron chi connectivity index (χ4n) is 3.68. The van der Waals surface area contributed by atoms with E-state index in [1.165, 1.54) is 11.3 Å². The summed E-state index contributed by atoms with van der Waals surface area (Å²) in [4.78, 5) is 4.54. The molecule has 9 heteroatoms. The first-order chi connectivity index (χ1) is 14.3. The molecular formula is C21H24ClN3O3S2. The number of nitrogens with zero attached hydrogens (tertiary/aromatic N) is 2. The molecule has 4 rings (SSSR count). The van der Waals surface area contributed by atoms with Gasteiger partial charge >= 0.3 is 0 Å². The minimum Gasteiger partial charge on any atom is -0.495 e. The fraction of sp³-hybridized carbons (Fsp3) is 0.333. The summed E-state index contributed by atoms with van der Waals surface area (Å²) < 4.78 is 35.7. The van der Waals surface area contributed by atoms with Gasteiger partial charge in [-0.25, -0.2) is 8.42 Å². The third-order valence-electron chi connectivity index (χ3n) is 5.37. The van der Waals surface area contributed by atoms with Crippen LogP contribution in [0.1, 0.15) is 5.56 Å². The number of ether oxygens (including phenoxy) is 1. The van der Waals surface area contributed by atoms with Gasteiger partial charge in [-0.15, -0.1) is 11.3 Å². The van der Waals surface area contributed by atoms with Gasteiger partial charge in [0.25, 0.3) is 10.0 Å². The number of aryl methyl sites for hydroxylation is 1. The van der Waals surface area contributed by atoms with Gasteiger partial charge < -0.3 is 14.5 Å². The molecule has 30 heavy (non-hydrogen) atoms. The molecule has 0 unspecified atom stereocenters. The molecule has 2 heterocycles. The monoisotopic (exact) mass is 465 g/mol. The van der Waals surface area contributed by atoms with Gasteiger partial charge in [0.05, 0.1) is 18.5 Å². The Morgan fingerprint density at radius 2 is 1.83 bits per heavy atom. The molecule has 0 amide bonds. The van der Waals surface area contributed by atoms with Crippen molar-refractivity contribution in [2.24, 2.45) is 0 Å². The smallest absolute Gasteiger partial charge is 0.271 e. The minimum absolute atomic E-state index is 0.293. The second-order valence-corrected chi connectivity index (χ2v) is 10.8. The Balaban J connectivity index is 1.63. The van der Waals surface area contributed by atoms with Gasteiger partial charge in [-0.1, -0.05) is 11.6 Å². The normalized spacial score (nSPS) is 15.5. The number of sulfonamides is 1. The summed E-state index contributed by atoms with van der Waals surface area (Å²) >= 11 is 7.32. The molecule has 1 aromatic heterocycles. The number of methoxy groups -OCH3 is 1. The molecule has 1 fully saturated rings. The Bertz CT molecular complexity index is 1190. The molecular weight excluding hydrogens is 442 g/mol. The number of likely N-dealkylation sites (N-methyl/N-ethyl adjacent to an activating group) is 1. The number of benzene rings is 2. The van der Waals surface area contributed by atoms with E-state index >= 15 is 0 Å². The van der Waals surface area contributed by atoms with Gasteiger partial charge in [-0.2, -0.15) is 0 Å². The van der Waals surface area contributed by atoms with E-state index in [0.717, 1.165) is 42.0 Å². The van der Waals surface area contributed by atoms with Crippen LogP contribution in [0.15, 0.2) is 40.6 Å². The molecule has 0 saturated carbocycles. The van der Waals surface area contributed by atoms with Crippen LogP contribution in [0.25, 0.3) is 10.1 Å². The second kappa shape index (κ2) is 8.26. The molecule has 3 aromatic rings. The van der Waals surface area contributed by atoms with Crippen LogP contribution >= 0.6 is 22.9 Å². The minimum atomic E-state index is -3.74. The van der Waals surface area contributed by atoms with Gasteiger partial charge in [0.1, 0.15) is 9.96 Å². The van der Waals surface area contributed by atoms with Gasteiger partial charge in [0, 0.05) is 42.0 Å². The Hall–Kier alpha value is -2.00. The van der Waals surface area contributed by atoms with Crippen LogP contribution in [0.5, 0.6) is 5.75 Å². The van der Waals surface area contributed by atoms with Crippen LogP contribution in [0.2, 0.25) is 5.02 Å². The lowest BCUT2D eigenvalue weighted by Gasteiger charge is -2.34. The molecule has 0 radical (unpaired) electrons. The highest BCUT2D eigenvalue weighted by atomic mass is 35.5. The molecule has 0 bridgehead atoms. The lowest BCUT2D eigenvalue weighted by atomic mass is 10.2. The van der Waals surface area contributed by atoms with E-state index in [0.29, 0.717) is 26.2 Å². The van der Waals surface area contributed by atoms with Crippen molar-refractivity contribution in [1.29, 1.82) is 0 Å². The Labute approximate surface area is 186 Å². The number of fused-ring (bicyclic) bond motifs is 1. The highest BCUT2D eigenvalue weighted by Gasteiger charge is 2.23. The van der Waals surface area contributed by atoms with E-state index in [9.17, 15) is 8.42 Å². The van der Waals surface area contributed by atoms with Gasteiger partial charge in [0.2, 0.25) is 0 Å². The predicted molar refractivity (Wildman–Crippen MR) is 125 cm³/mol. The van der Waals surface area contributed by atoms with Crippen molar-refractivity contribution in [3.05, 3.63) is 47.0 Å². The molecule has 1 aliphatic rings. The van der Waals surface area contributed by atoms with Crippen molar-refractivity contribution in [3.63, 3.8) is 0 Å². The zero-order valence-electron chi connectivity index (χ0n) is 17.1. The molecule has 2 aromatic carbocycles. The van der Waals surface area contributed by atoms with Crippen LogP contribution in [0.3, 0.4) is 0 Å². The Morgan fingerprint density at radius 1 is 1.10 bits per heavy atom. The first kappa shape index (κ1) is 21.2. The molecule has 1 aliphatic heterocycles. The van der Waals surface area contributed by atoms with Crippen LogP contribution < -0.4 is 14.4 Å². The summed E-state index contributed by atoms with van der Waals surface area (Å²) in [5, 5.41) is 1.44. The first-order valence-corrected chi connectivity index (χ1v) is 12.3. The highest BCUT2D eigenvalue weighted by molar-refractivity contribution is 7.94. The summed E-state index contributed by atoms with van der Waals surface area (Å²) in [7, 11) is -0.0273. The zero-order chi connectivity index (χ0) is 21.5. The van der Waals surface area contributed by atoms with Crippen molar-refractivity contribution >= 4 is 54.4 Å². The number of anilines is 2. The number of nitrogens with one attached hydrogen (secondary N) is 1. The van der Waals surface area contributed by atoms with E-state index in [2.05, 4.69) is 21.6 Å². The third kappa shape index (κ3) is 4.09. The number of hydrogen-bond donors (Lipinski definition) is 1. The number of thiophene rings is 1. The first-order valence-electron chi connectivity index (χ1n) is 9.61. The number of piperazine rings is 1. The van der Waals surface area contributed by atoms with Gasteiger partial charge in [-0.05, 0) is 55.3 Å². The van der Waals surface area contributed by atoms with Crippen molar-refractivity contribution < 1.29 is 13.2 Å². The number of hydrogen-bond acceptors (Lipinski definition) is 6. The third-order valence-corrected chi connectivity index (χ3v) is 8.88. The van der Waals surface area contributed by atoms with Gasteiger partial charge in [0.15, 0.2) is 0 Å². The molecule has 6 nitrogen and oxygen atoms in total. The maximum Gasteiger partial charge on any atom is 0.271 e. The quantitative estimate of drug-likeness (QED) is 0.604. The summed E-state index contributed by atoms with van der Waals surface area (Å²) in [6, 6.07) is 10.9. The number of halogens is 1. The second-order valence-electron chi connectivity index (χ2n) is 7.44. The fourth-order valence-corrected chi connectivity index (χ4v) is 6.65. The predicted octanol–water partition coefficient (Wildman–Crippen LogP) is 4.42. The largest absolute Gasteiger partial charge is 0.495 e. The van der Waals surface area contributed by atoms with E-state index in [4.69, 9.17) is 16.3 Å². The van der Waals surface area contributed by atoms with Crippen LogP contribution in [-0.2, 0) is 10.0 Å². The summed E-state index contributed by atoms with van der Waals surface area (Å²) in [6.45, 7) is 5.57. The standard InChI is InChI=1S/C21H24ClN3O3S2/c1-14-17-12-15(22)4-7-20(17)29-21(14)30(26,27)23-16-5-6-18(19(13-16)28-3)25-10-8-24(2)9-11-25/h4-7,12-13,23H,8-11H2,1-3H3. The molecule has 0 aliphatic carbocycles. The molecule has 1 N–H and O–H groups in total. The maximum atomic E-state index is 13.1. The lowest BCUT2D eigenvalue weighted by Crippen LogP contribution is -2.44. The van der Waals surface area contributed by atoms with E-state index in [-0.39, 0.29) is 0 Å². The number of rotatable bonds is 5. The Kier molecular flexibility index (Phi) is 5.85. The maximum absolute atomic E-state index is 13.1.